The van der Waals surface area contributed by atoms with Crippen molar-refractivity contribution >= 4 is 21.6 Å². The molecule has 0 radical (unpaired) electrons. The van der Waals surface area contributed by atoms with Crippen molar-refractivity contribution < 1.29 is 17.6 Å². The molecule has 1 N–H and O–H groups in total. The highest BCUT2D eigenvalue weighted by Gasteiger charge is 2.30. The van der Waals surface area contributed by atoms with Crippen molar-refractivity contribution in [1.82, 2.24) is 4.31 Å². The Morgan fingerprint density at radius 2 is 1.82 bits per heavy atom. The molecule has 0 aliphatic carbocycles. The maximum absolute atomic E-state index is 14.3. The van der Waals surface area contributed by atoms with Crippen molar-refractivity contribution in [3.8, 4) is 0 Å². The number of amides is 1. The molecule has 1 fully saturated rings. The number of nitrogens with one attached hydrogen (secondary N) is 1. The van der Waals surface area contributed by atoms with Crippen molar-refractivity contribution in [1.29, 1.82) is 0 Å². The summed E-state index contributed by atoms with van der Waals surface area (Å²) in [5.41, 5.74) is 2.71. The predicted octanol–water partition coefficient (Wildman–Crippen LogP) is 4.29. The topological polar surface area (TPSA) is 66.5 Å². The third-order valence-electron chi connectivity index (χ3n) is 5.04. The number of rotatable bonds is 5. The van der Waals surface area contributed by atoms with Gasteiger partial charge < -0.3 is 5.32 Å². The summed E-state index contributed by atoms with van der Waals surface area (Å²) in [7, 11) is -3.95. The maximum Gasteiger partial charge on any atom is 0.255 e. The number of benzene rings is 2. The molecule has 28 heavy (non-hydrogen) atoms. The highest BCUT2D eigenvalue weighted by atomic mass is 32.2. The molecule has 1 aliphatic rings. The minimum absolute atomic E-state index is 0.108. The molecule has 2 aromatic rings. The first-order chi connectivity index (χ1) is 13.2. The fraction of sp³-hybridized carbons (Fsp3) is 0.381. The van der Waals surface area contributed by atoms with Crippen LogP contribution in [0.15, 0.2) is 41.3 Å². The molecule has 0 bridgehead atoms. The first kappa shape index (κ1) is 20.5. The molecule has 1 saturated heterocycles. The fourth-order valence-corrected chi connectivity index (χ4v) is 5.05. The minimum atomic E-state index is -3.95. The number of nitrogens with zero attached hydrogens (tertiary/aromatic N) is 1. The Morgan fingerprint density at radius 3 is 2.46 bits per heavy atom. The molecule has 1 aliphatic heterocycles. The van der Waals surface area contributed by atoms with E-state index in [0.717, 1.165) is 36.1 Å². The molecule has 0 atom stereocenters. The second kappa shape index (κ2) is 8.01. The maximum atomic E-state index is 14.3. The molecule has 0 aromatic heterocycles. The standard InChI is InChI=1S/C21H25FN2O3S/c1-14(2)17-8-6-7-15(3)20(17)23-21(25)16-9-10-18(22)19(13-16)28(26,27)24-11-4-5-12-24/h6-10,13-14H,4-5,11-12H2,1-3H3,(H,23,25). The molecule has 5 nitrogen and oxygen atoms in total. The monoisotopic (exact) mass is 404 g/mol. The van der Waals surface area contributed by atoms with Gasteiger partial charge in [-0.15, -0.1) is 0 Å². The van der Waals surface area contributed by atoms with Gasteiger partial charge in [-0.05, 0) is 55.0 Å². The Labute approximate surface area is 165 Å². The molecule has 150 valence electrons. The van der Waals surface area contributed by atoms with Gasteiger partial charge in [0.2, 0.25) is 10.0 Å². The van der Waals surface area contributed by atoms with Gasteiger partial charge >= 0.3 is 0 Å². The Hall–Kier alpha value is -2.25. The summed E-state index contributed by atoms with van der Waals surface area (Å²) in [6.45, 7) is 6.71. The first-order valence-corrected chi connectivity index (χ1v) is 10.9. The van der Waals surface area contributed by atoms with Crippen LogP contribution in [0.25, 0.3) is 0 Å². The second-order valence-corrected chi connectivity index (χ2v) is 9.31. The summed E-state index contributed by atoms with van der Waals surface area (Å²) in [6, 6.07) is 9.25. The summed E-state index contributed by atoms with van der Waals surface area (Å²) >= 11 is 0. The number of hydrogen-bond acceptors (Lipinski definition) is 3. The summed E-state index contributed by atoms with van der Waals surface area (Å²) in [6.07, 6.45) is 1.51. The van der Waals surface area contributed by atoms with Crippen LogP contribution in [0.5, 0.6) is 0 Å². The molecule has 7 heteroatoms. The minimum Gasteiger partial charge on any atom is -0.321 e. The van der Waals surface area contributed by atoms with Gasteiger partial charge in [-0.3, -0.25) is 4.79 Å². The van der Waals surface area contributed by atoms with Gasteiger partial charge in [-0.1, -0.05) is 32.0 Å². The van der Waals surface area contributed by atoms with Gasteiger partial charge in [0.25, 0.3) is 5.91 Å². The number of carbonyl (C=O) groups excluding carboxylic acids is 1. The number of carbonyl (C=O) groups is 1. The van der Waals surface area contributed by atoms with Crippen molar-refractivity contribution in [3.05, 3.63) is 58.9 Å². The Bertz CT molecular complexity index is 997. The van der Waals surface area contributed by atoms with Gasteiger partial charge in [0.15, 0.2) is 0 Å². The average Bonchev–Trinajstić information content (AvgIpc) is 3.19. The average molecular weight is 405 g/mol. The largest absolute Gasteiger partial charge is 0.321 e. The third kappa shape index (κ3) is 3.95. The zero-order valence-corrected chi connectivity index (χ0v) is 17.1. The molecule has 0 unspecified atom stereocenters. The van der Waals surface area contributed by atoms with E-state index in [2.05, 4.69) is 5.32 Å². The van der Waals surface area contributed by atoms with E-state index < -0.39 is 26.6 Å². The van der Waals surface area contributed by atoms with Crippen LogP contribution in [-0.4, -0.2) is 31.7 Å². The Balaban J connectivity index is 1.94. The number of halogens is 1. The fourth-order valence-electron chi connectivity index (χ4n) is 3.44. The summed E-state index contributed by atoms with van der Waals surface area (Å²) in [5, 5.41) is 2.87. The first-order valence-electron chi connectivity index (χ1n) is 9.42. The van der Waals surface area contributed by atoms with E-state index in [1.165, 1.54) is 10.4 Å². The van der Waals surface area contributed by atoms with E-state index in [1.54, 1.807) is 0 Å². The van der Waals surface area contributed by atoms with E-state index in [1.807, 2.05) is 39.0 Å². The van der Waals surface area contributed by atoms with Crippen LogP contribution in [0.4, 0.5) is 10.1 Å². The number of sulfonamides is 1. The lowest BCUT2D eigenvalue weighted by molar-refractivity contribution is 0.102. The SMILES string of the molecule is Cc1cccc(C(C)C)c1NC(=O)c1ccc(F)c(S(=O)(=O)N2CCCC2)c1. The molecule has 1 amide bonds. The van der Waals surface area contributed by atoms with Crippen molar-refractivity contribution in [2.75, 3.05) is 18.4 Å². The zero-order chi connectivity index (χ0) is 20.5. The molecule has 2 aromatic carbocycles. The van der Waals surface area contributed by atoms with E-state index in [-0.39, 0.29) is 11.5 Å². The lowest BCUT2D eigenvalue weighted by Gasteiger charge is -2.18. The van der Waals surface area contributed by atoms with E-state index in [9.17, 15) is 17.6 Å². The smallest absolute Gasteiger partial charge is 0.255 e. The van der Waals surface area contributed by atoms with Gasteiger partial charge in [0.1, 0.15) is 10.7 Å². The summed E-state index contributed by atoms with van der Waals surface area (Å²) in [4.78, 5) is 12.4. The Morgan fingerprint density at radius 1 is 1.14 bits per heavy atom. The van der Waals surface area contributed by atoms with Crippen LogP contribution in [0.3, 0.4) is 0 Å². The van der Waals surface area contributed by atoms with Crippen LogP contribution in [0.2, 0.25) is 0 Å². The molecular weight excluding hydrogens is 379 g/mol. The molecule has 1 heterocycles. The van der Waals surface area contributed by atoms with E-state index in [4.69, 9.17) is 0 Å². The van der Waals surface area contributed by atoms with E-state index in [0.29, 0.717) is 18.8 Å². The van der Waals surface area contributed by atoms with Gasteiger partial charge in [0.05, 0.1) is 0 Å². The van der Waals surface area contributed by atoms with Crippen molar-refractivity contribution in [2.45, 2.75) is 44.4 Å². The second-order valence-electron chi connectivity index (χ2n) is 7.40. The molecule has 3 rings (SSSR count). The molecule has 0 spiro atoms. The van der Waals surface area contributed by atoms with Crippen LogP contribution < -0.4 is 5.32 Å². The van der Waals surface area contributed by atoms with Crippen LogP contribution in [0.1, 0.15) is 54.1 Å². The Kier molecular flexibility index (Phi) is 5.86. The number of hydrogen-bond donors (Lipinski definition) is 1. The van der Waals surface area contributed by atoms with E-state index >= 15 is 0 Å². The quantitative estimate of drug-likeness (QED) is 0.808. The number of anilines is 1. The van der Waals surface area contributed by atoms with Crippen LogP contribution in [-0.2, 0) is 10.0 Å². The normalized spacial score (nSPS) is 15.2. The highest BCUT2D eigenvalue weighted by Crippen LogP contribution is 2.29. The predicted molar refractivity (Wildman–Crippen MR) is 108 cm³/mol. The van der Waals surface area contributed by atoms with Gasteiger partial charge in [-0.2, -0.15) is 4.31 Å². The lowest BCUT2D eigenvalue weighted by Crippen LogP contribution is -2.29. The van der Waals surface area contributed by atoms with Gasteiger partial charge in [0, 0.05) is 24.3 Å². The lowest BCUT2D eigenvalue weighted by atomic mass is 9.98. The van der Waals surface area contributed by atoms with Crippen LogP contribution >= 0.6 is 0 Å². The van der Waals surface area contributed by atoms with Gasteiger partial charge in [-0.25, -0.2) is 12.8 Å². The van der Waals surface area contributed by atoms with Crippen molar-refractivity contribution in [3.63, 3.8) is 0 Å². The molecular formula is C21H25FN2O3S. The highest BCUT2D eigenvalue weighted by molar-refractivity contribution is 7.89. The zero-order valence-electron chi connectivity index (χ0n) is 16.3. The van der Waals surface area contributed by atoms with Crippen LogP contribution in [0, 0.1) is 12.7 Å². The van der Waals surface area contributed by atoms with Crippen molar-refractivity contribution in [2.24, 2.45) is 0 Å². The summed E-state index contributed by atoms with van der Waals surface area (Å²) < 4.78 is 41.1. The number of aryl methyl sites for hydroxylation is 1. The molecule has 0 saturated carbocycles. The summed E-state index contributed by atoms with van der Waals surface area (Å²) in [5.74, 6) is -1.11. The number of para-hydroxylation sites is 1. The third-order valence-corrected chi connectivity index (χ3v) is 6.96.